The molecule has 3 nitrogen and oxygen atoms in total. The number of likely N-dealkylation sites (tertiary alicyclic amines) is 1. The molecule has 18 heavy (non-hydrogen) atoms. The number of aliphatic hydroxyl groups excluding tert-OH is 1. The molecule has 3 unspecified atom stereocenters. The van der Waals surface area contributed by atoms with Gasteiger partial charge in [-0.15, -0.1) is 0 Å². The van der Waals surface area contributed by atoms with Crippen molar-refractivity contribution in [3.63, 3.8) is 0 Å². The Morgan fingerprint density at radius 3 is 2.44 bits per heavy atom. The zero-order valence-corrected chi connectivity index (χ0v) is 12.2. The lowest BCUT2D eigenvalue weighted by Gasteiger charge is -2.43. The molecule has 1 saturated heterocycles. The Kier molecular flexibility index (Phi) is 5.05. The molecule has 0 radical (unpaired) electrons. The summed E-state index contributed by atoms with van der Waals surface area (Å²) in [7, 11) is 0. The van der Waals surface area contributed by atoms with E-state index in [0.717, 1.165) is 30.3 Å². The zero-order valence-electron chi connectivity index (χ0n) is 12.2. The van der Waals surface area contributed by atoms with E-state index >= 15 is 0 Å². The highest BCUT2D eigenvalue weighted by molar-refractivity contribution is 4.92. The van der Waals surface area contributed by atoms with Crippen LogP contribution in [0.1, 0.15) is 40.0 Å². The van der Waals surface area contributed by atoms with Gasteiger partial charge in [-0.1, -0.05) is 13.8 Å². The van der Waals surface area contributed by atoms with E-state index in [1.165, 1.54) is 32.4 Å². The summed E-state index contributed by atoms with van der Waals surface area (Å²) >= 11 is 0. The first-order valence-electron chi connectivity index (χ1n) is 7.70. The minimum atomic E-state index is 0.251. The lowest BCUT2D eigenvalue weighted by Crippen LogP contribution is -2.53. The molecule has 2 aliphatic rings. The minimum absolute atomic E-state index is 0.251. The first-order valence-corrected chi connectivity index (χ1v) is 7.70. The first kappa shape index (κ1) is 14.3. The third kappa shape index (κ3) is 3.69. The number of aliphatic hydroxyl groups is 1. The molecule has 1 aliphatic heterocycles. The molecule has 1 heterocycles. The van der Waals surface area contributed by atoms with Gasteiger partial charge in [0, 0.05) is 31.7 Å². The van der Waals surface area contributed by atoms with Crippen molar-refractivity contribution in [2.45, 2.75) is 52.1 Å². The van der Waals surface area contributed by atoms with Crippen LogP contribution in [-0.4, -0.2) is 48.3 Å². The predicted octanol–water partition coefficient (Wildman–Crippen LogP) is 1.71. The first-order chi connectivity index (χ1) is 8.61. The van der Waals surface area contributed by atoms with Gasteiger partial charge in [0.05, 0.1) is 6.61 Å². The molecule has 1 saturated carbocycles. The standard InChI is InChI=1S/C15H30N2O/c1-11(2)14-8-15(16-6-7-18)10-17(9-14)12(3)13-4-5-13/h11-16,18H,4-10H2,1-3H3. The van der Waals surface area contributed by atoms with Gasteiger partial charge < -0.3 is 10.4 Å². The van der Waals surface area contributed by atoms with Crippen molar-refractivity contribution in [1.82, 2.24) is 10.2 Å². The van der Waals surface area contributed by atoms with E-state index in [9.17, 15) is 0 Å². The normalized spacial score (nSPS) is 31.8. The molecule has 0 spiro atoms. The summed E-state index contributed by atoms with van der Waals surface area (Å²) in [6.45, 7) is 10.5. The van der Waals surface area contributed by atoms with Gasteiger partial charge in [0.2, 0.25) is 0 Å². The SMILES string of the molecule is CC(C)C1CC(NCCO)CN(C(C)C2CC2)C1. The molecule has 3 atom stereocenters. The third-order valence-electron chi connectivity index (χ3n) is 4.88. The van der Waals surface area contributed by atoms with Gasteiger partial charge >= 0.3 is 0 Å². The van der Waals surface area contributed by atoms with E-state index in [1.807, 2.05) is 0 Å². The van der Waals surface area contributed by atoms with Crippen molar-refractivity contribution >= 4 is 0 Å². The second-order valence-corrected chi connectivity index (χ2v) is 6.65. The molecule has 0 aromatic carbocycles. The highest BCUT2D eigenvalue weighted by Crippen LogP contribution is 2.37. The second kappa shape index (κ2) is 6.36. The number of nitrogens with one attached hydrogen (secondary N) is 1. The van der Waals surface area contributed by atoms with Crippen molar-refractivity contribution in [2.75, 3.05) is 26.2 Å². The third-order valence-corrected chi connectivity index (χ3v) is 4.88. The zero-order chi connectivity index (χ0) is 13.1. The minimum Gasteiger partial charge on any atom is -0.395 e. The number of hydrogen-bond acceptors (Lipinski definition) is 3. The largest absolute Gasteiger partial charge is 0.395 e. The average Bonchev–Trinajstić information content (AvgIpc) is 3.19. The maximum atomic E-state index is 8.97. The van der Waals surface area contributed by atoms with Crippen molar-refractivity contribution in [1.29, 1.82) is 0 Å². The summed E-state index contributed by atoms with van der Waals surface area (Å²) in [6.07, 6.45) is 4.13. The smallest absolute Gasteiger partial charge is 0.0556 e. The van der Waals surface area contributed by atoms with Gasteiger partial charge in [-0.05, 0) is 43.9 Å². The molecule has 0 bridgehead atoms. The monoisotopic (exact) mass is 254 g/mol. The summed E-state index contributed by atoms with van der Waals surface area (Å²) in [4.78, 5) is 2.70. The van der Waals surface area contributed by atoms with E-state index in [4.69, 9.17) is 5.11 Å². The Morgan fingerprint density at radius 1 is 1.17 bits per heavy atom. The van der Waals surface area contributed by atoms with Crippen molar-refractivity contribution in [2.24, 2.45) is 17.8 Å². The summed E-state index contributed by atoms with van der Waals surface area (Å²) in [5.41, 5.74) is 0. The Morgan fingerprint density at radius 2 is 1.89 bits per heavy atom. The Bertz CT molecular complexity index is 253. The number of piperidine rings is 1. The number of rotatable bonds is 6. The summed E-state index contributed by atoms with van der Waals surface area (Å²) < 4.78 is 0. The molecular weight excluding hydrogens is 224 g/mol. The van der Waals surface area contributed by atoms with Crippen LogP contribution in [0.15, 0.2) is 0 Å². The maximum Gasteiger partial charge on any atom is 0.0556 e. The fourth-order valence-corrected chi connectivity index (χ4v) is 3.28. The average molecular weight is 254 g/mol. The summed E-state index contributed by atoms with van der Waals surface area (Å²) in [5.74, 6) is 2.52. The quantitative estimate of drug-likeness (QED) is 0.757. The molecule has 2 rings (SSSR count). The van der Waals surface area contributed by atoms with E-state index in [2.05, 4.69) is 31.0 Å². The Labute approximate surface area is 112 Å². The highest BCUT2D eigenvalue weighted by atomic mass is 16.3. The van der Waals surface area contributed by atoms with Crippen LogP contribution in [0.2, 0.25) is 0 Å². The van der Waals surface area contributed by atoms with Crippen molar-refractivity contribution in [3.8, 4) is 0 Å². The lowest BCUT2D eigenvalue weighted by atomic mass is 9.84. The van der Waals surface area contributed by atoms with E-state index in [1.54, 1.807) is 0 Å². The predicted molar refractivity (Wildman–Crippen MR) is 75.6 cm³/mol. The van der Waals surface area contributed by atoms with Crippen LogP contribution in [0, 0.1) is 17.8 Å². The van der Waals surface area contributed by atoms with Gasteiger partial charge in [0.25, 0.3) is 0 Å². The summed E-state index contributed by atoms with van der Waals surface area (Å²) in [5, 5.41) is 12.5. The molecule has 0 aromatic rings. The molecular formula is C15H30N2O. The van der Waals surface area contributed by atoms with Crippen molar-refractivity contribution < 1.29 is 5.11 Å². The van der Waals surface area contributed by atoms with Crippen LogP contribution in [0.5, 0.6) is 0 Å². The van der Waals surface area contributed by atoms with Gasteiger partial charge in [0.15, 0.2) is 0 Å². The van der Waals surface area contributed by atoms with Crippen molar-refractivity contribution in [3.05, 3.63) is 0 Å². The Balaban J connectivity index is 1.92. The van der Waals surface area contributed by atoms with Gasteiger partial charge in [-0.25, -0.2) is 0 Å². The molecule has 106 valence electrons. The molecule has 0 amide bonds. The fourth-order valence-electron chi connectivity index (χ4n) is 3.28. The summed E-state index contributed by atoms with van der Waals surface area (Å²) in [6, 6.07) is 1.32. The van der Waals surface area contributed by atoms with Crippen LogP contribution >= 0.6 is 0 Å². The molecule has 2 fully saturated rings. The fraction of sp³-hybridized carbons (Fsp3) is 1.00. The highest BCUT2D eigenvalue weighted by Gasteiger charge is 2.37. The van der Waals surface area contributed by atoms with Crippen LogP contribution in [-0.2, 0) is 0 Å². The topological polar surface area (TPSA) is 35.5 Å². The number of nitrogens with zero attached hydrogens (tertiary/aromatic N) is 1. The molecule has 3 heteroatoms. The van der Waals surface area contributed by atoms with Gasteiger partial charge in [0.1, 0.15) is 0 Å². The molecule has 0 aromatic heterocycles. The van der Waals surface area contributed by atoms with Gasteiger partial charge in [-0.2, -0.15) is 0 Å². The van der Waals surface area contributed by atoms with Crippen LogP contribution < -0.4 is 5.32 Å². The van der Waals surface area contributed by atoms with E-state index < -0.39 is 0 Å². The molecule has 1 aliphatic carbocycles. The maximum absolute atomic E-state index is 8.97. The van der Waals surface area contributed by atoms with E-state index in [-0.39, 0.29) is 6.61 Å². The van der Waals surface area contributed by atoms with Crippen LogP contribution in [0.4, 0.5) is 0 Å². The van der Waals surface area contributed by atoms with Crippen LogP contribution in [0.3, 0.4) is 0 Å². The lowest BCUT2D eigenvalue weighted by molar-refractivity contribution is 0.0745. The Hall–Kier alpha value is -0.120. The van der Waals surface area contributed by atoms with Crippen LogP contribution in [0.25, 0.3) is 0 Å². The van der Waals surface area contributed by atoms with E-state index in [0.29, 0.717) is 6.04 Å². The second-order valence-electron chi connectivity index (χ2n) is 6.65. The number of hydrogen-bond donors (Lipinski definition) is 2. The van der Waals surface area contributed by atoms with Gasteiger partial charge in [-0.3, -0.25) is 4.90 Å². The molecule has 2 N–H and O–H groups in total.